The van der Waals surface area contributed by atoms with Crippen molar-refractivity contribution in [3.05, 3.63) is 63.9 Å². The van der Waals surface area contributed by atoms with Crippen molar-refractivity contribution in [3.8, 4) is 5.75 Å². The molecule has 0 atom stereocenters. The number of nitrogens with one attached hydrogen (secondary N) is 2. The molecule has 0 unspecified atom stereocenters. The summed E-state index contributed by atoms with van der Waals surface area (Å²) in [7, 11) is 1.57. The van der Waals surface area contributed by atoms with Gasteiger partial charge in [0.1, 0.15) is 11.6 Å². The number of carbonyl (C=O) groups is 1. The van der Waals surface area contributed by atoms with Crippen LogP contribution in [0.1, 0.15) is 9.67 Å². The third-order valence-electron chi connectivity index (χ3n) is 3.19. The third kappa shape index (κ3) is 3.84. The lowest BCUT2D eigenvalue weighted by Crippen LogP contribution is -2.11. The molecule has 7 heteroatoms. The number of aromatic nitrogens is 1. The number of hydrogen-bond donors (Lipinski definition) is 2. The topological polar surface area (TPSA) is 63.2 Å². The van der Waals surface area contributed by atoms with E-state index in [2.05, 4.69) is 15.6 Å². The van der Waals surface area contributed by atoms with Crippen molar-refractivity contribution in [2.75, 3.05) is 17.7 Å². The van der Waals surface area contributed by atoms with Crippen molar-refractivity contribution in [1.82, 2.24) is 4.98 Å². The van der Waals surface area contributed by atoms with E-state index in [1.807, 2.05) is 23.6 Å². The zero-order valence-corrected chi connectivity index (χ0v) is 14.3. The minimum absolute atomic E-state index is 0.167. The van der Waals surface area contributed by atoms with Gasteiger partial charge in [-0.3, -0.25) is 4.79 Å². The lowest BCUT2D eigenvalue weighted by Gasteiger charge is -2.09. The van der Waals surface area contributed by atoms with Crippen molar-refractivity contribution < 1.29 is 9.53 Å². The molecular formula is C17H14ClN3O2S. The summed E-state index contributed by atoms with van der Waals surface area (Å²) >= 11 is 7.48. The molecule has 2 heterocycles. The number of anilines is 3. The fourth-order valence-corrected chi connectivity index (χ4v) is 2.91. The highest BCUT2D eigenvalue weighted by Crippen LogP contribution is 2.28. The Kier molecular flexibility index (Phi) is 4.98. The predicted molar refractivity (Wildman–Crippen MR) is 97.8 cm³/mol. The zero-order chi connectivity index (χ0) is 16.9. The number of ether oxygens (including phenoxy) is 1. The van der Waals surface area contributed by atoms with Gasteiger partial charge in [0, 0.05) is 5.69 Å². The second kappa shape index (κ2) is 7.33. The lowest BCUT2D eigenvalue weighted by molar-refractivity contribution is 0.103. The van der Waals surface area contributed by atoms with E-state index < -0.39 is 0 Å². The molecule has 0 fully saturated rings. The fraction of sp³-hybridized carbons (Fsp3) is 0.0588. The fourth-order valence-electron chi connectivity index (χ4n) is 2.04. The first kappa shape index (κ1) is 16.3. The summed E-state index contributed by atoms with van der Waals surface area (Å²) in [6, 6.07) is 12.6. The Bertz CT molecular complexity index is 836. The Morgan fingerprint density at radius 1 is 1.21 bits per heavy atom. The first-order valence-electron chi connectivity index (χ1n) is 7.07. The number of benzene rings is 1. The molecular weight excluding hydrogens is 346 g/mol. The molecule has 2 aromatic heterocycles. The maximum atomic E-state index is 12.0. The maximum Gasteiger partial charge on any atom is 0.266 e. The second-order valence-corrected chi connectivity index (χ2v) is 6.19. The summed E-state index contributed by atoms with van der Waals surface area (Å²) in [4.78, 5) is 16.8. The normalized spacial score (nSPS) is 10.2. The van der Waals surface area contributed by atoms with E-state index in [1.54, 1.807) is 37.6 Å². The molecule has 0 saturated heterocycles. The Balaban J connectivity index is 1.66. The van der Waals surface area contributed by atoms with Crippen LogP contribution in [0.4, 0.5) is 17.2 Å². The minimum atomic E-state index is -0.167. The van der Waals surface area contributed by atoms with Gasteiger partial charge in [-0.2, -0.15) is 0 Å². The van der Waals surface area contributed by atoms with E-state index in [4.69, 9.17) is 16.3 Å². The maximum absolute atomic E-state index is 12.0. The molecule has 1 aromatic carbocycles. The summed E-state index contributed by atoms with van der Waals surface area (Å²) in [5.41, 5.74) is 1.60. The molecule has 0 bridgehead atoms. The first-order valence-corrected chi connectivity index (χ1v) is 8.33. The summed E-state index contributed by atoms with van der Waals surface area (Å²) in [5.74, 6) is 0.943. The average Bonchev–Trinajstić information content (AvgIpc) is 3.11. The van der Waals surface area contributed by atoms with Crippen molar-refractivity contribution in [2.24, 2.45) is 0 Å². The Hall–Kier alpha value is -2.57. The Morgan fingerprint density at radius 2 is 2.04 bits per heavy atom. The van der Waals surface area contributed by atoms with Crippen molar-refractivity contribution in [2.45, 2.75) is 0 Å². The van der Waals surface area contributed by atoms with Gasteiger partial charge in [-0.05, 0) is 41.8 Å². The average molecular weight is 360 g/mol. The number of hydrogen-bond acceptors (Lipinski definition) is 5. The van der Waals surface area contributed by atoms with Crippen LogP contribution in [-0.4, -0.2) is 18.0 Å². The van der Waals surface area contributed by atoms with Gasteiger partial charge in [0.2, 0.25) is 0 Å². The summed E-state index contributed by atoms with van der Waals surface area (Å²) < 4.78 is 5.12. The largest absolute Gasteiger partial charge is 0.495 e. The number of rotatable bonds is 5. The standard InChI is InChI=1S/C17H14ClN3O2S/c1-23-14-6-4-11(9-13(14)18)20-12-5-7-16(19-10-12)21-17(22)15-3-2-8-24-15/h2-10,20H,1H3,(H,19,21,22). The van der Waals surface area contributed by atoms with E-state index >= 15 is 0 Å². The number of amides is 1. The van der Waals surface area contributed by atoms with Crippen LogP contribution in [0.2, 0.25) is 5.02 Å². The van der Waals surface area contributed by atoms with Crippen LogP contribution in [0.5, 0.6) is 5.75 Å². The molecule has 3 aromatic rings. The third-order valence-corrected chi connectivity index (χ3v) is 4.35. The second-order valence-electron chi connectivity index (χ2n) is 4.84. The van der Waals surface area contributed by atoms with E-state index in [1.165, 1.54) is 11.3 Å². The number of nitrogens with zero attached hydrogens (tertiary/aromatic N) is 1. The molecule has 3 rings (SSSR count). The molecule has 0 radical (unpaired) electrons. The smallest absolute Gasteiger partial charge is 0.266 e. The Morgan fingerprint density at radius 3 is 2.67 bits per heavy atom. The van der Waals surface area contributed by atoms with Crippen LogP contribution >= 0.6 is 22.9 Å². The number of pyridine rings is 1. The van der Waals surface area contributed by atoms with Crippen molar-refractivity contribution >= 4 is 46.0 Å². The van der Waals surface area contributed by atoms with Gasteiger partial charge in [-0.1, -0.05) is 17.7 Å². The molecule has 0 aliphatic rings. The molecule has 0 aliphatic heterocycles. The zero-order valence-electron chi connectivity index (χ0n) is 12.7. The molecule has 2 N–H and O–H groups in total. The molecule has 1 amide bonds. The SMILES string of the molecule is COc1ccc(Nc2ccc(NC(=O)c3cccs3)nc2)cc1Cl. The predicted octanol–water partition coefficient (Wildman–Crippen LogP) is 4.80. The highest BCUT2D eigenvalue weighted by molar-refractivity contribution is 7.12. The Labute approximate surface area is 148 Å². The number of halogens is 1. The van der Waals surface area contributed by atoms with Crippen LogP contribution < -0.4 is 15.4 Å². The van der Waals surface area contributed by atoms with Gasteiger partial charge in [0.15, 0.2) is 0 Å². The number of thiophene rings is 1. The summed E-state index contributed by atoms with van der Waals surface area (Å²) in [6.45, 7) is 0. The molecule has 24 heavy (non-hydrogen) atoms. The van der Waals surface area contributed by atoms with Crippen molar-refractivity contribution in [3.63, 3.8) is 0 Å². The monoisotopic (exact) mass is 359 g/mol. The van der Waals surface area contributed by atoms with E-state index in [-0.39, 0.29) is 5.91 Å². The van der Waals surface area contributed by atoms with E-state index in [0.29, 0.717) is 21.5 Å². The molecule has 122 valence electrons. The van der Waals surface area contributed by atoms with Crippen molar-refractivity contribution in [1.29, 1.82) is 0 Å². The highest BCUT2D eigenvalue weighted by atomic mass is 35.5. The highest BCUT2D eigenvalue weighted by Gasteiger charge is 2.07. The quantitative estimate of drug-likeness (QED) is 0.686. The minimum Gasteiger partial charge on any atom is -0.495 e. The summed E-state index contributed by atoms with van der Waals surface area (Å²) in [5, 5.41) is 8.33. The van der Waals surface area contributed by atoms with E-state index in [9.17, 15) is 4.79 Å². The van der Waals surface area contributed by atoms with Crippen LogP contribution in [0.15, 0.2) is 54.0 Å². The molecule has 0 saturated carbocycles. The van der Waals surface area contributed by atoms with E-state index in [0.717, 1.165) is 11.4 Å². The van der Waals surface area contributed by atoms with Gasteiger partial charge >= 0.3 is 0 Å². The lowest BCUT2D eigenvalue weighted by atomic mass is 10.3. The van der Waals surface area contributed by atoms with Gasteiger partial charge in [-0.15, -0.1) is 11.3 Å². The van der Waals surface area contributed by atoms with Gasteiger partial charge < -0.3 is 15.4 Å². The number of carbonyl (C=O) groups excluding carboxylic acids is 1. The molecule has 5 nitrogen and oxygen atoms in total. The van der Waals surface area contributed by atoms with Gasteiger partial charge in [-0.25, -0.2) is 4.98 Å². The van der Waals surface area contributed by atoms with Crippen LogP contribution in [0.3, 0.4) is 0 Å². The van der Waals surface area contributed by atoms with Gasteiger partial charge in [0.05, 0.1) is 28.9 Å². The summed E-state index contributed by atoms with van der Waals surface area (Å²) in [6.07, 6.45) is 1.64. The van der Waals surface area contributed by atoms with Crippen LogP contribution in [0.25, 0.3) is 0 Å². The molecule has 0 aliphatic carbocycles. The molecule has 0 spiro atoms. The van der Waals surface area contributed by atoms with Gasteiger partial charge in [0.25, 0.3) is 5.91 Å². The first-order chi connectivity index (χ1) is 11.7. The van der Waals surface area contributed by atoms with Crippen LogP contribution in [0, 0.1) is 0 Å². The number of methoxy groups -OCH3 is 1. The van der Waals surface area contributed by atoms with Crippen LogP contribution in [-0.2, 0) is 0 Å².